The maximum Gasteiger partial charge on any atom is 0.320 e. The highest BCUT2D eigenvalue weighted by atomic mass is 16.5. The summed E-state index contributed by atoms with van der Waals surface area (Å²) in [5.41, 5.74) is 4.44. The molecule has 10 nitrogen and oxygen atoms in total. The van der Waals surface area contributed by atoms with Crippen molar-refractivity contribution in [3.8, 4) is 0 Å². The Morgan fingerprint density at radius 2 is 1.00 bits per heavy atom. The van der Waals surface area contributed by atoms with Gasteiger partial charge in [0.2, 0.25) is 0 Å². The maximum absolute atomic E-state index is 13.0. The topological polar surface area (TPSA) is 149 Å². The van der Waals surface area contributed by atoms with Crippen LogP contribution < -0.4 is 5.73 Å². The van der Waals surface area contributed by atoms with Gasteiger partial charge in [0.25, 0.3) is 0 Å². The lowest BCUT2D eigenvalue weighted by molar-refractivity contribution is -0.150. The quantitative estimate of drug-likeness (QED) is 0.0323. The highest BCUT2D eigenvalue weighted by molar-refractivity contribution is 5.72. The molecule has 10 heteroatoms. The van der Waals surface area contributed by atoms with Crippen molar-refractivity contribution >= 4 is 17.9 Å². The first-order chi connectivity index (χ1) is 24.7. The number of esters is 3. The highest BCUT2D eigenvalue weighted by Crippen LogP contribution is 2.18. The Hall–Kier alpha value is -1.75. The van der Waals surface area contributed by atoms with Crippen LogP contribution in [0.1, 0.15) is 188 Å². The number of nitrogens with two attached hydrogens (primary N) is 1. The molecule has 51 heavy (non-hydrogen) atoms. The molecular weight excluding hydrogens is 648 g/mol. The molecule has 0 aromatic rings. The Kier molecular flexibility index (Phi) is 34.1. The van der Waals surface area contributed by atoms with Crippen LogP contribution in [-0.4, -0.2) is 90.7 Å². The van der Waals surface area contributed by atoms with Gasteiger partial charge in [0.05, 0.1) is 31.9 Å². The van der Waals surface area contributed by atoms with E-state index in [2.05, 4.69) is 20.8 Å². The second-order valence-corrected chi connectivity index (χ2v) is 14.7. The first kappa shape index (κ1) is 49.2. The molecule has 0 aromatic heterocycles. The van der Waals surface area contributed by atoms with E-state index in [-0.39, 0.29) is 44.0 Å². The molecule has 0 aliphatic rings. The Morgan fingerprint density at radius 3 is 1.47 bits per heavy atom. The second-order valence-electron chi connectivity index (χ2n) is 14.7. The molecule has 0 spiro atoms. The third kappa shape index (κ3) is 31.5. The number of rotatable bonds is 38. The summed E-state index contributed by atoms with van der Waals surface area (Å²) in [6, 6.07) is 0. The largest absolute Gasteiger partial charge is 0.466 e. The lowest BCUT2D eigenvalue weighted by atomic mass is 10.0. The molecule has 302 valence electrons. The molecule has 0 amide bonds. The standard InChI is InChI=1S/C41H80N2O8/c1-4-7-10-13-16-17-20-23-32-49-38(46)28-24-30-43(33-40(48)50-36-41(42,34-44)35-45)31-25-29-39(47)51-37(26-21-18-14-11-8-5-2)27-22-19-15-12-9-6-3/h37,44-45H,4-36,42H2,1-3H3. The second kappa shape index (κ2) is 35.3. The fourth-order valence-electron chi connectivity index (χ4n) is 6.06. The van der Waals surface area contributed by atoms with Crippen molar-refractivity contribution in [2.24, 2.45) is 5.73 Å². The Balaban J connectivity index is 4.87. The summed E-state index contributed by atoms with van der Waals surface area (Å²) < 4.78 is 16.7. The molecule has 0 aliphatic heterocycles. The van der Waals surface area contributed by atoms with Crippen LogP contribution in [0.5, 0.6) is 0 Å². The van der Waals surface area contributed by atoms with E-state index in [1.807, 2.05) is 4.90 Å². The molecule has 0 aliphatic carbocycles. The summed E-state index contributed by atoms with van der Waals surface area (Å²) >= 11 is 0. The van der Waals surface area contributed by atoms with Crippen LogP contribution in [-0.2, 0) is 28.6 Å². The maximum atomic E-state index is 13.0. The van der Waals surface area contributed by atoms with Gasteiger partial charge >= 0.3 is 17.9 Å². The average Bonchev–Trinajstić information content (AvgIpc) is 3.12. The van der Waals surface area contributed by atoms with Gasteiger partial charge in [0.1, 0.15) is 12.7 Å². The molecule has 0 atom stereocenters. The van der Waals surface area contributed by atoms with Gasteiger partial charge in [0.15, 0.2) is 0 Å². The third-order valence-electron chi connectivity index (χ3n) is 9.53. The third-order valence-corrected chi connectivity index (χ3v) is 9.53. The minimum atomic E-state index is -1.41. The smallest absolute Gasteiger partial charge is 0.320 e. The van der Waals surface area contributed by atoms with Gasteiger partial charge < -0.3 is 30.2 Å². The van der Waals surface area contributed by atoms with Crippen LogP contribution in [0.25, 0.3) is 0 Å². The molecule has 0 saturated heterocycles. The monoisotopic (exact) mass is 729 g/mol. The number of hydrogen-bond acceptors (Lipinski definition) is 10. The van der Waals surface area contributed by atoms with Crippen LogP contribution in [0.15, 0.2) is 0 Å². The number of carbonyl (C=O) groups is 3. The van der Waals surface area contributed by atoms with E-state index < -0.39 is 24.7 Å². The minimum Gasteiger partial charge on any atom is -0.466 e. The lowest BCUT2D eigenvalue weighted by Gasteiger charge is -2.25. The van der Waals surface area contributed by atoms with E-state index in [9.17, 15) is 24.6 Å². The van der Waals surface area contributed by atoms with E-state index in [1.165, 1.54) is 103 Å². The van der Waals surface area contributed by atoms with Gasteiger partial charge in [-0.2, -0.15) is 0 Å². The summed E-state index contributed by atoms with van der Waals surface area (Å²) in [7, 11) is 0. The van der Waals surface area contributed by atoms with Gasteiger partial charge in [-0.05, 0) is 58.0 Å². The number of carbonyl (C=O) groups excluding carboxylic acids is 3. The predicted molar refractivity (Wildman–Crippen MR) is 206 cm³/mol. The zero-order valence-electron chi connectivity index (χ0n) is 33.3. The Bertz CT molecular complexity index is 807. The van der Waals surface area contributed by atoms with Crippen molar-refractivity contribution in [3.63, 3.8) is 0 Å². The zero-order chi connectivity index (χ0) is 37.8. The number of ether oxygens (including phenoxy) is 3. The van der Waals surface area contributed by atoms with Gasteiger partial charge in [0, 0.05) is 12.8 Å². The van der Waals surface area contributed by atoms with Crippen molar-refractivity contribution in [1.82, 2.24) is 4.90 Å². The molecule has 0 fully saturated rings. The SMILES string of the molecule is CCCCCCCCCCOC(=O)CCCN(CCCC(=O)OC(CCCCCCCC)CCCCCCCC)CC(=O)OCC(N)(CO)CO. The fourth-order valence-corrected chi connectivity index (χ4v) is 6.06. The first-order valence-electron chi connectivity index (χ1n) is 21.0. The molecule has 0 radical (unpaired) electrons. The molecule has 0 bridgehead atoms. The van der Waals surface area contributed by atoms with Crippen LogP contribution in [0.4, 0.5) is 0 Å². The van der Waals surface area contributed by atoms with Gasteiger partial charge in [-0.25, -0.2) is 0 Å². The van der Waals surface area contributed by atoms with Crippen molar-refractivity contribution in [2.75, 3.05) is 46.1 Å². The number of aliphatic hydroxyl groups excluding tert-OH is 2. The van der Waals surface area contributed by atoms with E-state index in [0.29, 0.717) is 32.5 Å². The summed E-state index contributed by atoms with van der Waals surface area (Å²) in [6.45, 7) is 6.56. The van der Waals surface area contributed by atoms with Crippen LogP contribution in [0.3, 0.4) is 0 Å². The summed E-state index contributed by atoms with van der Waals surface area (Å²) in [4.78, 5) is 39.9. The molecule has 0 unspecified atom stereocenters. The molecule has 0 aromatic carbocycles. The van der Waals surface area contributed by atoms with Crippen LogP contribution in [0.2, 0.25) is 0 Å². The molecule has 0 rings (SSSR count). The number of aliphatic hydroxyl groups is 2. The van der Waals surface area contributed by atoms with E-state index in [1.54, 1.807) is 0 Å². The number of hydrogen-bond donors (Lipinski definition) is 3. The van der Waals surface area contributed by atoms with Crippen LogP contribution >= 0.6 is 0 Å². The van der Waals surface area contributed by atoms with Crippen molar-refractivity contribution in [2.45, 2.75) is 199 Å². The number of unbranched alkanes of at least 4 members (excludes halogenated alkanes) is 17. The highest BCUT2D eigenvalue weighted by Gasteiger charge is 2.26. The van der Waals surface area contributed by atoms with E-state index >= 15 is 0 Å². The van der Waals surface area contributed by atoms with Crippen molar-refractivity contribution < 1.29 is 38.8 Å². The molecule has 4 N–H and O–H groups in total. The Morgan fingerprint density at radius 1 is 0.569 bits per heavy atom. The van der Waals surface area contributed by atoms with E-state index in [0.717, 1.165) is 38.5 Å². The van der Waals surface area contributed by atoms with Crippen molar-refractivity contribution in [1.29, 1.82) is 0 Å². The van der Waals surface area contributed by atoms with E-state index in [4.69, 9.17) is 19.9 Å². The van der Waals surface area contributed by atoms with Crippen molar-refractivity contribution in [3.05, 3.63) is 0 Å². The summed E-state index contributed by atoms with van der Waals surface area (Å²) in [6.07, 6.45) is 27.2. The lowest BCUT2D eigenvalue weighted by Crippen LogP contribution is -2.52. The normalized spacial score (nSPS) is 11.8. The molecule has 0 heterocycles. The first-order valence-corrected chi connectivity index (χ1v) is 21.0. The Labute approximate surface area is 312 Å². The summed E-state index contributed by atoms with van der Waals surface area (Å²) in [5.74, 6) is -1.00. The average molecular weight is 729 g/mol. The van der Waals surface area contributed by atoms with Gasteiger partial charge in [-0.3, -0.25) is 19.3 Å². The minimum absolute atomic E-state index is 0.0488. The van der Waals surface area contributed by atoms with Gasteiger partial charge in [-0.15, -0.1) is 0 Å². The van der Waals surface area contributed by atoms with Crippen LogP contribution in [0, 0.1) is 0 Å². The fraction of sp³-hybridized carbons (Fsp3) is 0.927. The zero-order valence-corrected chi connectivity index (χ0v) is 33.3. The predicted octanol–water partition coefficient (Wildman–Crippen LogP) is 8.17. The summed E-state index contributed by atoms with van der Waals surface area (Å²) in [5, 5.41) is 18.9. The molecular formula is C41H80N2O8. The van der Waals surface area contributed by atoms with Gasteiger partial charge in [-0.1, -0.05) is 130 Å². The molecule has 0 saturated carbocycles. The number of nitrogens with zero attached hydrogens (tertiary/aromatic N) is 1.